The molecular weight excluding hydrogens is 318 g/mol. The smallest absolute Gasteiger partial charge is 0.319 e. The van der Waals surface area contributed by atoms with Gasteiger partial charge < -0.3 is 15.1 Å². The van der Waals surface area contributed by atoms with E-state index in [1.54, 1.807) is 19.0 Å². The molecule has 2 rings (SSSR count). The van der Waals surface area contributed by atoms with Gasteiger partial charge in [0.25, 0.3) is 0 Å². The van der Waals surface area contributed by atoms with Crippen LogP contribution in [0.4, 0.5) is 4.79 Å². The van der Waals surface area contributed by atoms with Crippen molar-refractivity contribution < 1.29 is 4.79 Å². The van der Waals surface area contributed by atoms with Gasteiger partial charge in [0, 0.05) is 44.2 Å². The van der Waals surface area contributed by atoms with E-state index in [1.165, 1.54) is 5.56 Å². The second kappa shape index (κ2) is 7.09. The fourth-order valence-corrected chi connectivity index (χ4v) is 2.91. The average Bonchev–Trinajstić information content (AvgIpc) is 2.45. The Bertz CT molecular complexity index is 456. The minimum absolute atomic E-state index is 0.121. The fraction of sp³-hybridized carbons (Fsp3) is 0.533. The lowest BCUT2D eigenvalue weighted by atomic mass is 10.0. The zero-order valence-corrected chi connectivity index (χ0v) is 13.7. The number of carbonyl (C=O) groups is 1. The molecule has 0 bridgehead atoms. The summed E-state index contributed by atoms with van der Waals surface area (Å²) in [5, 5.41) is 3.58. The summed E-state index contributed by atoms with van der Waals surface area (Å²) in [6.07, 6.45) is 2.04. The lowest BCUT2D eigenvalue weighted by Crippen LogP contribution is -2.47. The van der Waals surface area contributed by atoms with Gasteiger partial charge in [-0.25, -0.2) is 4.79 Å². The molecule has 0 spiro atoms. The number of nitrogens with one attached hydrogen (secondary N) is 1. The molecule has 0 radical (unpaired) electrons. The summed E-state index contributed by atoms with van der Waals surface area (Å²) >= 11 is 3.49. The number of halogens is 1. The van der Waals surface area contributed by atoms with Crippen LogP contribution in [0.3, 0.4) is 0 Å². The van der Waals surface area contributed by atoms with E-state index in [0.29, 0.717) is 6.04 Å². The maximum atomic E-state index is 11.8. The highest BCUT2D eigenvalue weighted by molar-refractivity contribution is 9.10. The van der Waals surface area contributed by atoms with Crippen LogP contribution in [0.2, 0.25) is 0 Å². The first-order valence-electron chi connectivity index (χ1n) is 7.00. The number of benzene rings is 1. The molecule has 1 aliphatic rings. The molecule has 0 unspecified atom stereocenters. The standard InChI is InChI=1S/C15H22BrN3O/c1-18(2)15(20)19-8-6-14(7-9-19)17-11-12-4-3-5-13(16)10-12/h3-5,10,14,17H,6-9,11H2,1-2H3. The number of rotatable bonds is 3. The number of amides is 2. The summed E-state index contributed by atoms with van der Waals surface area (Å²) in [5.74, 6) is 0. The molecule has 1 aromatic carbocycles. The number of likely N-dealkylation sites (tertiary alicyclic amines) is 1. The number of nitrogens with zero attached hydrogens (tertiary/aromatic N) is 2. The van der Waals surface area contributed by atoms with Gasteiger partial charge in [0.05, 0.1) is 0 Å². The van der Waals surface area contributed by atoms with Crippen molar-refractivity contribution in [2.75, 3.05) is 27.2 Å². The lowest BCUT2D eigenvalue weighted by molar-refractivity contribution is 0.152. The number of hydrogen-bond donors (Lipinski definition) is 1. The maximum absolute atomic E-state index is 11.8. The van der Waals surface area contributed by atoms with Gasteiger partial charge in [-0.2, -0.15) is 0 Å². The van der Waals surface area contributed by atoms with E-state index in [0.717, 1.165) is 36.9 Å². The summed E-state index contributed by atoms with van der Waals surface area (Å²) in [5.41, 5.74) is 1.28. The molecule has 1 heterocycles. The number of hydrogen-bond acceptors (Lipinski definition) is 2. The van der Waals surface area contributed by atoms with Crippen molar-refractivity contribution in [1.82, 2.24) is 15.1 Å². The molecule has 0 atom stereocenters. The summed E-state index contributed by atoms with van der Waals surface area (Å²) in [7, 11) is 3.61. The van der Waals surface area contributed by atoms with E-state index < -0.39 is 0 Å². The van der Waals surface area contributed by atoms with E-state index in [4.69, 9.17) is 0 Å². The lowest BCUT2D eigenvalue weighted by Gasteiger charge is -2.34. The van der Waals surface area contributed by atoms with Crippen LogP contribution in [0, 0.1) is 0 Å². The van der Waals surface area contributed by atoms with Gasteiger partial charge in [-0.3, -0.25) is 0 Å². The Labute approximate surface area is 129 Å². The zero-order valence-electron chi connectivity index (χ0n) is 12.1. The Hall–Kier alpha value is -1.07. The Morgan fingerprint density at radius 3 is 2.70 bits per heavy atom. The predicted molar refractivity (Wildman–Crippen MR) is 84.7 cm³/mol. The maximum Gasteiger partial charge on any atom is 0.319 e. The van der Waals surface area contributed by atoms with Crippen molar-refractivity contribution in [1.29, 1.82) is 0 Å². The van der Waals surface area contributed by atoms with Crippen molar-refractivity contribution in [3.8, 4) is 0 Å². The Morgan fingerprint density at radius 1 is 1.40 bits per heavy atom. The minimum Gasteiger partial charge on any atom is -0.331 e. The fourth-order valence-electron chi connectivity index (χ4n) is 2.47. The third kappa shape index (κ3) is 4.21. The number of urea groups is 1. The molecule has 1 aromatic rings. The third-order valence-corrected chi connectivity index (χ3v) is 4.13. The summed E-state index contributed by atoms with van der Waals surface area (Å²) in [6.45, 7) is 2.56. The minimum atomic E-state index is 0.121. The van der Waals surface area contributed by atoms with Crippen molar-refractivity contribution >= 4 is 22.0 Å². The molecule has 1 N–H and O–H groups in total. The van der Waals surface area contributed by atoms with E-state index in [1.807, 2.05) is 11.0 Å². The first-order valence-corrected chi connectivity index (χ1v) is 7.79. The Morgan fingerprint density at radius 2 is 2.10 bits per heavy atom. The van der Waals surface area contributed by atoms with Gasteiger partial charge in [-0.15, -0.1) is 0 Å². The number of carbonyl (C=O) groups excluding carboxylic acids is 1. The molecule has 2 amide bonds. The van der Waals surface area contributed by atoms with Crippen LogP contribution in [0.5, 0.6) is 0 Å². The van der Waals surface area contributed by atoms with Crippen LogP contribution in [0.1, 0.15) is 18.4 Å². The second-order valence-corrected chi connectivity index (χ2v) is 6.36. The van der Waals surface area contributed by atoms with Gasteiger partial charge in [0.15, 0.2) is 0 Å². The van der Waals surface area contributed by atoms with E-state index in [2.05, 4.69) is 39.4 Å². The topological polar surface area (TPSA) is 35.6 Å². The predicted octanol–water partition coefficient (Wildman–Crippen LogP) is 2.68. The summed E-state index contributed by atoms with van der Waals surface area (Å²) in [4.78, 5) is 15.4. The molecule has 1 aliphatic heterocycles. The molecule has 1 fully saturated rings. The van der Waals surface area contributed by atoms with Crippen molar-refractivity contribution in [2.45, 2.75) is 25.4 Å². The first-order chi connectivity index (χ1) is 9.56. The third-order valence-electron chi connectivity index (χ3n) is 3.63. The van der Waals surface area contributed by atoms with Crippen molar-refractivity contribution in [3.63, 3.8) is 0 Å². The molecule has 0 aliphatic carbocycles. The highest BCUT2D eigenvalue weighted by atomic mass is 79.9. The monoisotopic (exact) mass is 339 g/mol. The first kappa shape index (κ1) is 15.3. The van der Waals surface area contributed by atoms with Gasteiger partial charge in [0.2, 0.25) is 0 Å². The number of piperidine rings is 1. The highest BCUT2D eigenvalue weighted by Gasteiger charge is 2.23. The van der Waals surface area contributed by atoms with E-state index in [9.17, 15) is 4.79 Å². The van der Waals surface area contributed by atoms with Crippen molar-refractivity contribution in [2.24, 2.45) is 0 Å². The highest BCUT2D eigenvalue weighted by Crippen LogP contribution is 2.14. The molecule has 4 nitrogen and oxygen atoms in total. The van der Waals surface area contributed by atoms with Crippen LogP contribution in [-0.4, -0.2) is 49.1 Å². The Balaban J connectivity index is 1.76. The Kier molecular flexibility index (Phi) is 5.43. The van der Waals surface area contributed by atoms with Crippen LogP contribution >= 0.6 is 15.9 Å². The van der Waals surface area contributed by atoms with Crippen LogP contribution in [0.15, 0.2) is 28.7 Å². The van der Waals surface area contributed by atoms with Gasteiger partial charge in [-0.1, -0.05) is 28.1 Å². The summed E-state index contributed by atoms with van der Waals surface area (Å²) in [6, 6.07) is 8.98. The molecular formula is C15H22BrN3O. The quantitative estimate of drug-likeness (QED) is 0.918. The average molecular weight is 340 g/mol. The zero-order chi connectivity index (χ0) is 14.5. The van der Waals surface area contributed by atoms with Gasteiger partial charge in [0.1, 0.15) is 0 Å². The SMILES string of the molecule is CN(C)C(=O)N1CCC(NCc2cccc(Br)c2)CC1. The molecule has 5 heteroatoms. The molecule has 0 aromatic heterocycles. The van der Waals surface area contributed by atoms with Crippen LogP contribution in [-0.2, 0) is 6.54 Å². The van der Waals surface area contributed by atoms with Gasteiger partial charge in [-0.05, 0) is 30.5 Å². The van der Waals surface area contributed by atoms with E-state index >= 15 is 0 Å². The second-order valence-electron chi connectivity index (χ2n) is 5.45. The summed E-state index contributed by atoms with van der Waals surface area (Å²) < 4.78 is 1.11. The van der Waals surface area contributed by atoms with Crippen LogP contribution in [0.25, 0.3) is 0 Å². The van der Waals surface area contributed by atoms with Gasteiger partial charge >= 0.3 is 6.03 Å². The normalized spacial score (nSPS) is 16.2. The molecule has 1 saturated heterocycles. The molecule has 0 saturated carbocycles. The van der Waals surface area contributed by atoms with Crippen molar-refractivity contribution in [3.05, 3.63) is 34.3 Å². The molecule has 110 valence electrons. The largest absolute Gasteiger partial charge is 0.331 e. The van der Waals surface area contributed by atoms with E-state index in [-0.39, 0.29) is 6.03 Å². The molecule has 20 heavy (non-hydrogen) atoms. The van der Waals surface area contributed by atoms with Crippen LogP contribution < -0.4 is 5.32 Å².